The Hall–Kier alpha value is -1.40. The normalized spacial score (nSPS) is 12.1. The lowest BCUT2D eigenvalue weighted by atomic mass is 10.3. The van der Waals surface area contributed by atoms with Crippen LogP contribution < -0.4 is 5.32 Å². The number of carboxylic acids is 1. The molecular formula is C10H13NO4S. The number of aliphatic carboxylic acids is 1. The van der Waals surface area contributed by atoms with E-state index in [1.165, 1.54) is 0 Å². The molecule has 16 heavy (non-hydrogen) atoms. The molecule has 1 atom stereocenters. The van der Waals surface area contributed by atoms with E-state index in [0.717, 1.165) is 4.88 Å². The molecule has 1 rings (SSSR count). The van der Waals surface area contributed by atoms with Gasteiger partial charge < -0.3 is 15.2 Å². The minimum absolute atomic E-state index is 0.0825. The molecule has 0 bridgehead atoms. The maximum Gasteiger partial charge on any atom is 0.329 e. The van der Waals surface area contributed by atoms with Gasteiger partial charge in [0.25, 0.3) is 0 Å². The summed E-state index contributed by atoms with van der Waals surface area (Å²) in [6, 6.07) is 3.75. The summed E-state index contributed by atoms with van der Waals surface area (Å²) in [7, 11) is 0. The first-order chi connectivity index (χ1) is 7.59. The zero-order valence-corrected chi connectivity index (χ0v) is 9.62. The van der Waals surface area contributed by atoms with E-state index in [0.29, 0.717) is 0 Å². The fourth-order valence-electron chi connectivity index (χ4n) is 1.12. The molecule has 0 unspecified atom stereocenters. The van der Waals surface area contributed by atoms with Crippen LogP contribution in [-0.4, -0.2) is 30.2 Å². The third-order valence-electron chi connectivity index (χ3n) is 1.81. The van der Waals surface area contributed by atoms with Crippen LogP contribution in [0, 0.1) is 0 Å². The van der Waals surface area contributed by atoms with E-state index < -0.39 is 12.6 Å². The van der Waals surface area contributed by atoms with E-state index in [-0.39, 0.29) is 18.6 Å². The summed E-state index contributed by atoms with van der Waals surface area (Å²) in [5.41, 5.74) is 0. The first-order valence-electron chi connectivity index (χ1n) is 4.72. The number of rotatable bonds is 6. The Morgan fingerprint density at radius 2 is 2.31 bits per heavy atom. The molecule has 0 fully saturated rings. The van der Waals surface area contributed by atoms with Crippen molar-refractivity contribution >= 4 is 23.2 Å². The third-order valence-corrected chi connectivity index (χ3v) is 2.86. The Morgan fingerprint density at radius 1 is 1.56 bits per heavy atom. The molecule has 1 heterocycles. The van der Waals surface area contributed by atoms with Crippen molar-refractivity contribution in [2.45, 2.75) is 13.0 Å². The first kappa shape index (κ1) is 12.7. The number of nitrogens with one attached hydrogen (secondary N) is 1. The van der Waals surface area contributed by atoms with E-state index in [1.54, 1.807) is 11.3 Å². The maximum atomic E-state index is 11.3. The number of hydrogen-bond donors (Lipinski definition) is 2. The fourth-order valence-corrected chi connectivity index (χ4v) is 1.86. The van der Waals surface area contributed by atoms with E-state index in [4.69, 9.17) is 5.11 Å². The predicted octanol–water partition coefficient (Wildman–Crippen LogP) is 1.03. The lowest BCUT2D eigenvalue weighted by molar-refractivity contribution is -0.143. The standard InChI is InChI=1S/C10H13NO4S/c1-7(8-3-2-4-16-8)11-9(12)5-15-6-10(13)14/h2-4,7H,5-6H2,1H3,(H,11,12)(H,13,14)/t7-/m0/s1. The Balaban J connectivity index is 2.26. The summed E-state index contributed by atoms with van der Waals surface area (Å²) in [6.07, 6.45) is 0. The molecule has 0 aliphatic rings. The SMILES string of the molecule is C[C@H](NC(=O)COCC(=O)O)c1cccs1. The van der Waals surface area contributed by atoms with Crippen LogP contribution in [0.1, 0.15) is 17.8 Å². The van der Waals surface area contributed by atoms with Gasteiger partial charge in [-0.1, -0.05) is 6.07 Å². The molecule has 0 saturated carbocycles. The van der Waals surface area contributed by atoms with E-state index >= 15 is 0 Å². The number of carbonyl (C=O) groups is 2. The van der Waals surface area contributed by atoms with Gasteiger partial charge in [0.2, 0.25) is 5.91 Å². The highest BCUT2D eigenvalue weighted by molar-refractivity contribution is 7.10. The average Bonchev–Trinajstić information content (AvgIpc) is 2.69. The van der Waals surface area contributed by atoms with Crippen molar-refractivity contribution < 1.29 is 19.4 Å². The van der Waals surface area contributed by atoms with Crippen molar-refractivity contribution in [1.29, 1.82) is 0 Å². The molecule has 0 aliphatic carbocycles. The van der Waals surface area contributed by atoms with Crippen LogP contribution in [0.15, 0.2) is 17.5 Å². The van der Waals surface area contributed by atoms with Crippen molar-refractivity contribution in [3.05, 3.63) is 22.4 Å². The molecule has 0 aromatic carbocycles. The molecule has 1 aromatic rings. The van der Waals surface area contributed by atoms with Crippen molar-refractivity contribution in [3.8, 4) is 0 Å². The first-order valence-corrected chi connectivity index (χ1v) is 5.60. The van der Waals surface area contributed by atoms with Crippen molar-refractivity contribution in [2.24, 2.45) is 0 Å². The van der Waals surface area contributed by atoms with Gasteiger partial charge in [-0.05, 0) is 18.4 Å². The van der Waals surface area contributed by atoms with Gasteiger partial charge in [0, 0.05) is 4.88 Å². The molecule has 0 aliphatic heterocycles. The molecule has 5 nitrogen and oxygen atoms in total. The topological polar surface area (TPSA) is 75.6 Å². The van der Waals surface area contributed by atoms with Gasteiger partial charge in [-0.3, -0.25) is 4.79 Å². The van der Waals surface area contributed by atoms with Crippen molar-refractivity contribution in [3.63, 3.8) is 0 Å². The number of thiophene rings is 1. The van der Waals surface area contributed by atoms with Gasteiger partial charge in [-0.2, -0.15) is 0 Å². The number of amides is 1. The van der Waals surface area contributed by atoms with E-state index in [1.807, 2.05) is 24.4 Å². The number of ether oxygens (including phenoxy) is 1. The predicted molar refractivity (Wildman–Crippen MR) is 59.3 cm³/mol. The Labute approximate surface area is 97.0 Å². The highest BCUT2D eigenvalue weighted by atomic mass is 32.1. The van der Waals surface area contributed by atoms with Gasteiger partial charge in [0.05, 0.1) is 6.04 Å². The van der Waals surface area contributed by atoms with Crippen LogP contribution >= 0.6 is 11.3 Å². The van der Waals surface area contributed by atoms with Gasteiger partial charge in [0.15, 0.2) is 0 Å². The Bertz CT molecular complexity index is 350. The van der Waals surface area contributed by atoms with Crippen molar-refractivity contribution in [2.75, 3.05) is 13.2 Å². The van der Waals surface area contributed by atoms with Gasteiger partial charge in [-0.15, -0.1) is 11.3 Å². The molecule has 1 amide bonds. The van der Waals surface area contributed by atoms with E-state index in [2.05, 4.69) is 10.1 Å². The van der Waals surface area contributed by atoms with Gasteiger partial charge >= 0.3 is 5.97 Å². The van der Waals surface area contributed by atoms with E-state index in [9.17, 15) is 9.59 Å². The van der Waals surface area contributed by atoms with Crippen LogP contribution in [0.4, 0.5) is 0 Å². The Morgan fingerprint density at radius 3 is 2.88 bits per heavy atom. The van der Waals surface area contributed by atoms with Crippen LogP contribution in [0.2, 0.25) is 0 Å². The second-order valence-electron chi connectivity index (χ2n) is 3.19. The van der Waals surface area contributed by atoms with Crippen LogP contribution in [0.25, 0.3) is 0 Å². The molecular weight excluding hydrogens is 230 g/mol. The fraction of sp³-hybridized carbons (Fsp3) is 0.400. The maximum absolute atomic E-state index is 11.3. The average molecular weight is 243 g/mol. The summed E-state index contributed by atoms with van der Waals surface area (Å²) < 4.78 is 4.67. The minimum Gasteiger partial charge on any atom is -0.480 e. The lowest BCUT2D eigenvalue weighted by Crippen LogP contribution is -2.30. The van der Waals surface area contributed by atoms with Crippen LogP contribution in [0.3, 0.4) is 0 Å². The Kier molecular flexibility index (Phi) is 4.94. The van der Waals surface area contributed by atoms with Crippen LogP contribution in [-0.2, 0) is 14.3 Å². The third kappa shape index (κ3) is 4.41. The molecule has 0 spiro atoms. The zero-order chi connectivity index (χ0) is 12.0. The quantitative estimate of drug-likeness (QED) is 0.782. The number of hydrogen-bond acceptors (Lipinski definition) is 4. The van der Waals surface area contributed by atoms with Crippen molar-refractivity contribution in [1.82, 2.24) is 5.32 Å². The molecule has 88 valence electrons. The molecule has 0 radical (unpaired) electrons. The minimum atomic E-state index is -1.08. The summed E-state index contributed by atoms with van der Waals surface area (Å²) in [4.78, 5) is 22.5. The van der Waals surface area contributed by atoms with Crippen LogP contribution in [0.5, 0.6) is 0 Å². The molecule has 2 N–H and O–H groups in total. The lowest BCUT2D eigenvalue weighted by Gasteiger charge is -2.11. The summed E-state index contributed by atoms with van der Waals surface area (Å²) in [5, 5.41) is 12.9. The second-order valence-corrected chi connectivity index (χ2v) is 4.17. The highest BCUT2D eigenvalue weighted by Gasteiger charge is 2.10. The second kappa shape index (κ2) is 6.24. The summed E-state index contributed by atoms with van der Waals surface area (Å²) >= 11 is 1.55. The monoisotopic (exact) mass is 243 g/mol. The zero-order valence-electron chi connectivity index (χ0n) is 8.80. The molecule has 0 saturated heterocycles. The largest absolute Gasteiger partial charge is 0.480 e. The summed E-state index contributed by atoms with van der Waals surface area (Å²) in [6.45, 7) is 1.17. The van der Waals surface area contributed by atoms with Gasteiger partial charge in [-0.25, -0.2) is 4.79 Å². The van der Waals surface area contributed by atoms with Gasteiger partial charge in [0.1, 0.15) is 13.2 Å². The number of carboxylic acid groups (broad SMARTS) is 1. The summed E-state index contributed by atoms with van der Waals surface area (Å²) in [5.74, 6) is -1.40. The smallest absolute Gasteiger partial charge is 0.329 e. The molecule has 6 heteroatoms. The highest BCUT2D eigenvalue weighted by Crippen LogP contribution is 2.17. The molecule has 1 aromatic heterocycles. The number of carbonyl (C=O) groups excluding carboxylic acids is 1.